The van der Waals surface area contributed by atoms with Crippen LogP contribution in [0.3, 0.4) is 0 Å². The molecular weight excluding hydrogens is 424 g/mol. The maximum absolute atomic E-state index is 13.0. The summed E-state index contributed by atoms with van der Waals surface area (Å²) in [5.41, 5.74) is 0. The summed E-state index contributed by atoms with van der Waals surface area (Å²) < 4.78 is 38.6. The number of halogens is 1. The Hall–Kier alpha value is -1.16. The summed E-state index contributed by atoms with van der Waals surface area (Å²) >= 11 is 3.32. The Morgan fingerprint density at radius 2 is 1.85 bits per heavy atom. The molecule has 2 fully saturated rings. The molecule has 26 heavy (non-hydrogen) atoms. The number of amides is 1. The highest BCUT2D eigenvalue weighted by atomic mass is 79.9. The van der Waals surface area contributed by atoms with Crippen LogP contribution in [0.4, 0.5) is 0 Å². The molecule has 2 heterocycles. The number of sulfonamides is 1. The van der Waals surface area contributed by atoms with Crippen molar-refractivity contribution >= 4 is 31.9 Å². The summed E-state index contributed by atoms with van der Waals surface area (Å²) in [5, 5.41) is 0. The lowest BCUT2D eigenvalue weighted by atomic mass is 9.96. The summed E-state index contributed by atoms with van der Waals surface area (Å²) in [4.78, 5) is 14.6. The molecular formula is C17H23BrN2O5S. The molecule has 0 radical (unpaired) electrons. The molecule has 1 aromatic rings. The van der Waals surface area contributed by atoms with Crippen LogP contribution in [0.1, 0.15) is 12.8 Å². The Morgan fingerprint density at radius 3 is 2.46 bits per heavy atom. The van der Waals surface area contributed by atoms with E-state index in [9.17, 15) is 13.2 Å². The number of ether oxygens (including phenoxy) is 2. The fraction of sp³-hybridized carbons (Fsp3) is 0.588. The van der Waals surface area contributed by atoms with E-state index < -0.39 is 10.0 Å². The molecule has 2 saturated heterocycles. The van der Waals surface area contributed by atoms with Crippen molar-refractivity contribution in [2.45, 2.75) is 17.7 Å². The third kappa shape index (κ3) is 4.05. The molecule has 0 atom stereocenters. The van der Waals surface area contributed by atoms with Crippen molar-refractivity contribution in [2.75, 3.05) is 46.5 Å². The van der Waals surface area contributed by atoms with Gasteiger partial charge in [0, 0.05) is 36.6 Å². The van der Waals surface area contributed by atoms with E-state index in [-0.39, 0.29) is 16.7 Å². The van der Waals surface area contributed by atoms with Crippen molar-refractivity contribution in [3.8, 4) is 5.75 Å². The van der Waals surface area contributed by atoms with E-state index >= 15 is 0 Å². The Bertz CT molecular complexity index is 756. The van der Waals surface area contributed by atoms with Gasteiger partial charge >= 0.3 is 0 Å². The second-order valence-electron chi connectivity index (χ2n) is 6.41. The van der Waals surface area contributed by atoms with Gasteiger partial charge in [0.15, 0.2) is 0 Å². The van der Waals surface area contributed by atoms with Gasteiger partial charge in [-0.25, -0.2) is 8.42 Å². The van der Waals surface area contributed by atoms with Gasteiger partial charge in [-0.3, -0.25) is 4.79 Å². The molecule has 0 bridgehead atoms. The number of rotatable bonds is 4. The minimum Gasteiger partial charge on any atom is -0.495 e. The Balaban J connectivity index is 1.69. The average molecular weight is 447 g/mol. The van der Waals surface area contributed by atoms with Gasteiger partial charge in [-0.15, -0.1) is 0 Å². The number of nitrogens with zero attached hydrogens (tertiary/aromatic N) is 2. The molecule has 1 amide bonds. The van der Waals surface area contributed by atoms with Crippen molar-refractivity contribution in [1.29, 1.82) is 0 Å². The molecule has 3 rings (SSSR count). The molecule has 2 aliphatic rings. The lowest BCUT2D eigenvalue weighted by Crippen LogP contribution is -2.47. The van der Waals surface area contributed by atoms with Crippen LogP contribution in [-0.4, -0.2) is 70.0 Å². The summed E-state index contributed by atoms with van der Waals surface area (Å²) in [6.45, 7) is 3.04. The van der Waals surface area contributed by atoms with Crippen LogP contribution in [0, 0.1) is 5.92 Å². The topological polar surface area (TPSA) is 76.2 Å². The number of hydrogen-bond donors (Lipinski definition) is 0. The van der Waals surface area contributed by atoms with Crippen LogP contribution in [0.5, 0.6) is 5.75 Å². The summed E-state index contributed by atoms with van der Waals surface area (Å²) in [6.07, 6.45) is 1.07. The summed E-state index contributed by atoms with van der Waals surface area (Å²) in [5.74, 6) is 0.314. The maximum Gasteiger partial charge on any atom is 0.246 e. The number of methoxy groups -OCH3 is 1. The van der Waals surface area contributed by atoms with E-state index in [0.717, 1.165) is 0 Å². The van der Waals surface area contributed by atoms with Crippen LogP contribution < -0.4 is 4.74 Å². The van der Waals surface area contributed by atoms with Crippen LogP contribution in [0.25, 0.3) is 0 Å². The monoisotopic (exact) mass is 446 g/mol. The molecule has 0 N–H and O–H groups in total. The molecule has 7 nitrogen and oxygen atoms in total. The van der Waals surface area contributed by atoms with Crippen LogP contribution in [-0.2, 0) is 19.6 Å². The number of hydrogen-bond acceptors (Lipinski definition) is 5. The van der Waals surface area contributed by atoms with E-state index in [1.165, 1.54) is 11.4 Å². The van der Waals surface area contributed by atoms with Gasteiger partial charge in [-0.2, -0.15) is 4.31 Å². The fourth-order valence-corrected chi connectivity index (χ4v) is 5.54. The molecule has 2 aliphatic heterocycles. The Morgan fingerprint density at radius 1 is 1.19 bits per heavy atom. The Kier molecular flexibility index (Phi) is 6.21. The molecule has 0 aromatic heterocycles. The van der Waals surface area contributed by atoms with Gasteiger partial charge in [0.05, 0.1) is 20.3 Å². The van der Waals surface area contributed by atoms with Gasteiger partial charge in [-0.05, 0) is 31.0 Å². The van der Waals surface area contributed by atoms with Gasteiger partial charge in [0.2, 0.25) is 15.9 Å². The highest BCUT2D eigenvalue weighted by molar-refractivity contribution is 9.10. The number of piperidine rings is 1. The number of benzene rings is 1. The second-order valence-corrected chi connectivity index (χ2v) is 9.23. The Labute approximate surface area is 162 Å². The molecule has 0 aliphatic carbocycles. The molecule has 144 valence electrons. The van der Waals surface area contributed by atoms with Crippen molar-refractivity contribution in [3.05, 3.63) is 22.7 Å². The van der Waals surface area contributed by atoms with Gasteiger partial charge in [0.25, 0.3) is 0 Å². The van der Waals surface area contributed by atoms with Crippen LogP contribution in [0.2, 0.25) is 0 Å². The van der Waals surface area contributed by atoms with E-state index in [1.54, 1.807) is 18.2 Å². The van der Waals surface area contributed by atoms with E-state index in [0.29, 0.717) is 62.5 Å². The predicted molar refractivity (Wildman–Crippen MR) is 99.6 cm³/mol. The number of carbonyl (C=O) groups excluding carboxylic acids is 1. The van der Waals surface area contributed by atoms with Gasteiger partial charge in [-0.1, -0.05) is 15.9 Å². The molecule has 1 aromatic carbocycles. The quantitative estimate of drug-likeness (QED) is 0.703. The van der Waals surface area contributed by atoms with Crippen molar-refractivity contribution in [1.82, 2.24) is 9.21 Å². The lowest BCUT2D eigenvalue weighted by molar-refractivity contribution is -0.140. The maximum atomic E-state index is 13.0. The van der Waals surface area contributed by atoms with Gasteiger partial charge in [0.1, 0.15) is 10.6 Å². The van der Waals surface area contributed by atoms with E-state index in [4.69, 9.17) is 9.47 Å². The van der Waals surface area contributed by atoms with Crippen LogP contribution >= 0.6 is 15.9 Å². The van der Waals surface area contributed by atoms with E-state index in [2.05, 4.69) is 15.9 Å². The first kappa shape index (κ1) is 19.6. The third-order valence-corrected chi connectivity index (χ3v) is 7.28. The summed E-state index contributed by atoms with van der Waals surface area (Å²) in [7, 11) is -2.21. The summed E-state index contributed by atoms with van der Waals surface area (Å²) in [6, 6.07) is 4.93. The standard InChI is InChI=1S/C17H23BrN2O5S/c1-24-15-3-2-14(18)12-16(15)26(22,23)20-6-4-13(5-7-20)17(21)19-8-10-25-11-9-19/h2-3,12-13H,4-11H2,1H3. The normalized spacial score (nSPS) is 20.2. The minimum atomic E-state index is -3.67. The third-order valence-electron chi connectivity index (χ3n) is 4.87. The SMILES string of the molecule is COc1ccc(Br)cc1S(=O)(=O)N1CCC(C(=O)N2CCOCC2)CC1. The van der Waals surface area contributed by atoms with Gasteiger partial charge < -0.3 is 14.4 Å². The first-order valence-corrected chi connectivity index (χ1v) is 10.9. The molecule has 0 saturated carbocycles. The highest BCUT2D eigenvalue weighted by Crippen LogP contribution is 2.32. The highest BCUT2D eigenvalue weighted by Gasteiger charge is 2.35. The van der Waals surface area contributed by atoms with Crippen LogP contribution in [0.15, 0.2) is 27.6 Å². The van der Waals surface area contributed by atoms with Crippen molar-refractivity contribution < 1.29 is 22.7 Å². The number of carbonyl (C=O) groups is 1. The zero-order chi connectivity index (χ0) is 18.7. The average Bonchev–Trinajstić information content (AvgIpc) is 2.68. The molecule has 9 heteroatoms. The number of morpholine rings is 1. The zero-order valence-corrected chi connectivity index (χ0v) is 17.1. The van der Waals surface area contributed by atoms with Crippen molar-refractivity contribution in [2.24, 2.45) is 5.92 Å². The smallest absolute Gasteiger partial charge is 0.246 e. The first-order valence-electron chi connectivity index (χ1n) is 8.63. The second kappa shape index (κ2) is 8.24. The van der Waals surface area contributed by atoms with E-state index in [1.807, 2.05) is 4.90 Å². The largest absolute Gasteiger partial charge is 0.495 e. The predicted octanol–water partition coefficient (Wildman–Crippen LogP) is 1.72. The first-order chi connectivity index (χ1) is 12.4. The van der Waals surface area contributed by atoms with Crippen molar-refractivity contribution in [3.63, 3.8) is 0 Å². The molecule has 0 spiro atoms. The minimum absolute atomic E-state index is 0.116. The molecule has 0 unspecified atom stereocenters. The fourth-order valence-electron chi connectivity index (χ4n) is 3.38. The zero-order valence-electron chi connectivity index (χ0n) is 14.7. The lowest BCUT2D eigenvalue weighted by Gasteiger charge is -2.35.